The molecule has 3 atom stereocenters. The summed E-state index contributed by atoms with van der Waals surface area (Å²) in [6.45, 7) is 7.12. The number of anilines is 1. The van der Waals surface area contributed by atoms with Gasteiger partial charge in [-0.15, -0.1) is 0 Å². The monoisotopic (exact) mass is 354 g/mol. The van der Waals surface area contributed by atoms with Crippen LogP contribution in [0.2, 0.25) is 0 Å². The van der Waals surface area contributed by atoms with E-state index in [-0.39, 0.29) is 6.10 Å². The third-order valence-corrected chi connectivity index (χ3v) is 6.01. The van der Waals surface area contributed by atoms with Crippen molar-refractivity contribution in [3.05, 3.63) is 46.8 Å². The Morgan fingerprint density at radius 3 is 2.92 bits per heavy atom. The Balaban J connectivity index is 1.49. The van der Waals surface area contributed by atoms with Crippen molar-refractivity contribution < 1.29 is 4.74 Å². The molecule has 1 fully saturated rings. The van der Waals surface area contributed by atoms with Gasteiger partial charge < -0.3 is 15.4 Å². The van der Waals surface area contributed by atoms with Crippen molar-refractivity contribution >= 4 is 5.69 Å². The molecule has 2 aromatic rings. The van der Waals surface area contributed by atoms with E-state index >= 15 is 0 Å². The highest BCUT2D eigenvalue weighted by Gasteiger charge is 2.34. The number of hydrogen-bond donors (Lipinski definition) is 2. The summed E-state index contributed by atoms with van der Waals surface area (Å²) in [5.74, 6) is 0.500. The molecule has 0 radical (unpaired) electrons. The van der Waals surface area contributed by atoms with E-state index in [0.29, 0.717) is 12.0 Å². The molecule has 26 heavy (non-hydrogen) atoms. The van der Waals surface area contributed by atoms with Gasteiger partial charge in [0, 0.05) is 55.6 Å². The highest BCUT2D eigenvalue weighted by molar-refractivity contribution is 5.53. The largest absolute Gasteiger partial charge is 0.385 e. The van der Waals surface area contributed by atoms with Crippen LogP contribution in [0.3, 0.4) is 0 Å². The fourth-order valence-electron chi connectivity index (χ4n) is 4.52. The van der Waals surface area contributed by atoms with E-state index in [1.807, 2.05) is 11.7 Å². The molecular weight excluding hydrogens is 324 g/mol. The summed E-state index contributed by atoms with van der Waals surface area (Å²) in [5, 5.41) is 12.0. The third kappa shape index (κ3) is 3.26. The van der Waals surface area contributed by atoms with Crippen LogP contribution in [0.4, 0.5) is 5.69 Å². The molecule has 0 bridgehead atoms. The van der Waals surface area contributed by atoms with E-state index in [1.165, 1.54) is 35.3 Å². The first-order valence-corrected chi connectivity index (χ1v) is 9.83. The van der Waals surface area contributed by atoms with E-state index in [2.05, 4.69) is 53.8 Å². The first-order valence-electron chi connectivity index (χ1n) is 9.83. The number of ether oxygens (including phenoxy) is 1. The molecule has 5 nitrogen and oxygen atoms in total. The van der Waals surface area contributed by atoms with Crippen molar-refractivity contribution in [3.8, 4) is 0 Å². The molecule has 1 saturated heterocycles. The fraction of sp³-hybridized carbons (Fsp3) is 0.571. The number of fused-ring (bicyclic) bond motifs is 1. The van der Waals surface area contributed by atoms with Crippen molar-refractivity contribution in [3.63, 3.8) is 0 Å². The number of hydrogen-bond acceptors (Lipinski definition) is 4. The molecule has 1 aromatic heterocycles. The van der Waals surface area contributed by atoms with Gasteiger partial charge in [0.2, 0.25) is 0 Å². The zero-order valence-corrected chi connectivity index (χ0v) is 16.1. The van der Waals surface area contributed by atoms with E-state index < -0.39 is 0 Å². The van der Waals surface area contributed by atoms with Gasteiger partial charge in [-0.2, -0.15) is 5.10 Å². The average Bonchev–Trinajstić information content (AvgIpc) is 3.11. The van der Waals surface area contributed by atoms with Crippen LogP contribution in [0.5, 0.6) is 0 Å². The zero-order chi connectivity index (χ0) is 18.1. The molecule has 2 N–H and O–H groups in total. The minimum atomic E-state index is 0.162. The second kappa shape index (κ2) is 7.41. The van der Waals surface area contributed by atoms with Crippen molar-refractivity contribution in [2.24, 2.45) is 13.0 Å². The van der Waals surface area contributed by atoms with Gasteiger partial charge in [0.1, 0.15) is 0 Å². The zero-order valence-electron chi connectivity index (χ0n) is 16.1. The van der Waals surface area contributed by atoms with Gasteiger partial charge in [-0.1, -0.05) is 18.2 Å². The molecule has 0 amide bonds. The highest BCUT2D eigenvalue weighted by atomic mass is 16.5. The Labute approximate surface area is 156 Å². The Morgan fingerprint density at radius 1 is 1.27 bits per heavy atom. The van der Waals surface area contributed by atoms with Gasteiger partial charge in [-0.3, -0.25) is 4.68 Å². The van der Waals surface area contributed by atoms with E-state index in [4.69, 9.17) is 4.74 Å². The lowest BCUT2D eigenvalue weighted by atomic mass is 9.93. The summed E-state index contributed by atoms with van der Waals surface area (Å²) in [4.78, 5) is 0. The molecule has 0 aliphatic carbocycles. The maximum absolute atomic E-state index is 6.15. The molecule has 2 aliphatic rings. The molecule has 1 unspecified atom stereocenters. The lowest BCUT2D eigenvalue weighted by Gasteiger charge is -2.24. The normalized spacial score (nSPS) is 25.6. The first-order chi connectivity index (χ1) is 12.6. The molecule has 3 heterocycles. The summed E-state index contributed by atoms with van der Waals surface area (Å²) in [6.07, 6.45) is 3.64. The van der Waals surface area contributed by atoms with Crippen LogP contribution < -0.4 is 10.6 Å². The number of rotatable bonds is 4. The summed E-state index contributed by atoms with van der Waals surface area (Å²) < 4.78 is 8.13. The third-order valence-electron chi connectivity index (χ3n) is 6.01. The summed E-state index contributed by atoms with van der Waals surface area (Å²) in [6, 6.07) is 9.12. The lowest BCUT2D eigenvalue weighted by Crippen LogP contribution is -2.29. The SMILES string of the molecule is Cc1nn(C)c(C)c1[C@H]1OCC[C@@H]1CNC1CCCNc2ccccc21. The molecular formula is C21H30N4O. The van der Waals surface area contributed by atoms with Crippen molar-refractivity contribution in [2.75, 3.05) is 25.0 Å². The standard InChI is InChI=1S/C21H30N4O/c1-14-20(15(2)25(3)24-14)21-16(10-12-26-21)13-23-19-9-6-11-22-18-8-5-4-7-17(18)19/h4-5,7-8,16,19,21-23H,6,9-13H2,1-3H3/t16-,19?,21+/m1/s1. The Morgan fingerprint density at radius 2 is 2.12 bits per heavy atom. The van der Waals surface area contributed by atoms with E-state index in [9.17, 15) is 0 Å². The molecule has 4 rings (SSSR count). The maximum Gasteiger partial charge on any atom is 0.0901 e. The summed E-state index contributed by atoms with van der Waals surface area (Å²) >= 11 is 0. The second-order valence-electron chi connectivity index (χ2n) is 7.67. The van der Waals surface area contributed by atoms with Gasteiger partial charge in [0.25, 0.3) is 0 Å². The second-order valence-corrected chi connectivity index (χ2v) is 7.67. The Bertz CT molecular complexity index is 769. The number of aryl methyl sites for hydroxylation is 2. The van der Waals surface area contributed by atoms with Crippen molar-refractivity contribution in [1.29, 1.82) is 0 Å². The first kappa shape index (κ1) is 17.6. The van der Waals surface area contributed by atoms with Crippen LogP contribution >= 0.6 is 0 Å². The van der Waals surface area contributed by atoms with Crippen LogP contribution in [0.25, 0.3) is 0 Å². The van der Waals surface area contributed by atoms with Gasteiger partial charge >= 0.3 is 0 Å². The Kier molecular flexibility index (Phi) is 5.00. The fourth-order valence-corrected chi connectivity index (χ4v) is 4.52. The van der Waals surface area contributed by atoms with Gasteiger partial charge in [-0.25, -0.2) is 0 Å². The van der Waals surface area contributed by atoms with Crippen LogP contribution in [0, 0.1) is 19.8 Å². The number of benzene rings is 1. The topological polar surface area (TPSA) is 51.1 Å². The van der Waals surface area contributed by atoms with Crippen LogP contribution in [0.15, 0.2) is 24.3 Å². The van der Waals surface area contributed by atoms with Gasteiger partial charge in [-0.05, 0) is 44.7 Å². The molecule has 2 aliphatic heterocycles. The van der Waals surface area contributed by atoms with Crippen LogP contribution in [-0.2, 0) is 11.8 Å². The van der Waals surface area contributed by atoms with E-state index in [0.717, 1.165) is 31.8 Å². The number of nitrogens with one attached hydrogen (secondary N) is 2. The van der Waals surface area contributed by atoms with Crippen LogP contribution in [-0.4, -0.2) is 29.5 Å². The predicted octanol–water partition coefficient (Wildman–Crippen LogP) is 3.65. The number of aromatic nitrogens is 2. The minimum absolute atomic E-state index is 0.162. The van der Waals surface area contributed by atoms with Crippen molar-refractivity contribution in [2.45, 2.75) is 45.3 Å². The van der Waals surface area contributed by atoms with Gasteiger partial charge in [0.05, 0.1) is 11.8 Å². The van der Waals surface area contributed by atoms with Crippen LogP contribution in [0.1, 0.15) is 53.9 Å². The average molecular weight is 354 g/mol. The number of para-hydroxylation sites is 1. The Hall–Kier alpha value is -1.85. The quantitative estimate of drug-likeness (QED) is 0.880. The molecule has 1 aromatic carbocycles. The molecule has 140 valence electrons. The maximum atomic E-state index is 6.15. The highest BCUT2D eigenvalue weighted by Crippen LogP contribution is 2.38. The minimum Gasteiger partial charge on any atom is -0.385 e. The van der Waals surface area contributed by atoms with Gasteiger partial charge in [0.15, 0.2) is 0 Å². The number of nitrogens with zero attached hydrogens (tertiary/aromatic N) is 2. The summed E-state index contributed by atoms with van der Waals surface area (Å²) in [7, 11) is 2.02. The molecule has 0 saturated carbocycles. The lowest BCUT2D eigenvalue weighted by molar-refractivity contribution is 0.0886. The predicted molar refractivity (Wildman–Crippen MR) is 104 cm³/mol. The summed E-state index contributed by atoms with van der Waals surface area (Å²) in [5.41, 5.74) is 6.30. The molecule has 5 heteroatoms. The van der Waals surface area contributed by atoms with E-state index in [1.54, 1.807) is 0 Å². The molecule has 0 spiro atoms. The smallest absolute Gasteiger partial charge is 0.0901 e. The van der Waals surface area contributed by atoms with Crippen molar-refractivity contribution in [1.82, 2.24) is 15.1 Å².